The number of thiophene rings is 1. The molecule has 1 amide bonds. The van der Waals surface area contributed by atoms with E-state index in [9.17, 15) is 10.1 Å². The summed E-state index contributed by atoms with van der Waals surface area (Å²) in [6, 6.07) is 12.6. The molecule has 0 aliphatic heterocycles. The predicted octanol–water partition coefficient (Wildman–Crippen LogP) is 5.49. The van der Waals surface area contributed by atoms with Crippen LogP contribution in [0.1, 0.15) is 60.6 Å². The van der Waals surface area contributed by atoms with E-state index in [0.717, 1.165) is 43.0 Å². The number of hydrogen-bond donors (Lipinski definition) is 1. The highest BCUT2D eigenvalue weighted by Gasteiger charge is 2.26. The molecule has 2 aromatic rings. The van der Waals surface area contributed by atoms with Crippen LogP contribution in [0.5, 0.6) is 0 Å². The van der Waals surface area contributed by atoms with Crippen LogP contribution in [-0.4, -0.2) is 5.91 Å². The van der Waals surface area contributed by atoms with Gasteiger partial charge in [0, 0.05) is 11.3 Å². The number of benzene rings is 1. The van der Waals surface area contributed by atoms with Crippen LogP contribution in [0.15, 0.2) is 30.3 Å². The van der Waals surface area contributed by atoms with Crippen molar-refractivity contribution >= 4 is 22.2 Å². The number of nitrogens with one attached hydrogen (secondary N) is 1. The molecule has 3 rings (SSSR count). The first-order chi connectivity index (χ1) is 12.7. The Labute approximate surface area is 160 Å². The summed E-state index contributed by atoms with van der Waals surface area (Å²) in [6.07, 6.45) is 7.87. The van der Waals surface area contributed by atoms with Crippen LogP contribution < -0.4 is 5.32 Å². The Balaban J connectivity index is 1.59. The van der Waals surface area contributed by atoms with E-state index in [-0.39, 0.29) is 5.91 Å². The quantitative estimate of drug-likeness (QED) is 0.705. The molecule has 0 bridgehead atoms. The molecule has 1 aliphatic carbocycles. The molecule has 4 heteroatoms. The molecule has 1 atom stereocenters. The van der Waals surface area contributed by atoms with Crippen molar-refractivity contribution in [1.29, 1.82) is 5.26 Å². The third-order valence-corrected chi connectivity index (χ3v) is 6.31. The van der Waals surface area contributed by atoms with E-state index in [1.165, 1.54) is 28.8 Å². The summed E-state index contributed by atoms with van der Waals surface area (Å²) in [7, 11) is 0. The van der Waals surface area contributed by atoms with Gasteiger partial charge in [-0.05, 0) is 49.1 Å². The van der Waals surface area contributed by atoms with Gasteiger partial charge in [-0.25, -0.2) is 0 Å². The lowest BCUT2D eigenvalue weighted by Gasteiger charge is -2.21. The number of nitriles is 1. The van der Waals surface area contributed by atoms with Gasteiger partial charge in [-0.2, -0.15) is 5.26 Å². The molecule has 136 valence electrons. The fraction of sp³-hybridized carbons (Fsp3) is 0.455. The maximum Gasteiger partial charge on any atom is 0.225 e. The van der Waals surface area contributed by atoms with Crippen molar-refractivity contribution in [3.63, 3.8) is 0 Å². The van der Waals surface area contributed by atoms with Crippen molar-refractivity contribution in [3.8, 4) is 6.07 Å². The minimum absolute atomic E-state index is 0.0149. The van der Waals surface area contributed by atoms with E-state index in [1.807, 2.05) is 18.2 Å². The van der Waals surface area contributed by atoms with Gasteiger partial charge in [0.05, 0.1) is 5.56 Å². The average molecular weight is 367 g/mol. The minimum Gasteiger partial charge on any atom is -0.317 e. The number of rotatable bonds is 7. The van der Waals surface area contributed by atoms with Crippen molar-refractivity contribution in [2.75, 3.05) is 5.32 Å². The third-order valence-electron chi connectivity index (χ3n) is 5.14. The van der Waals surface area contributed by atoms with E-state index >= 15 is 0 Å². The number of fused-ring (bicyclic) bond motifs is 1. The summed E-state index contributed by atoms with van der Waals surface area (Å²) >= 11 is 1.62. The summed E-state index contributed by atoms with van der Waals surface area (Å²) in [6.45, 7) is 2.23. The maximum atomic E-state index is 12.3. The molecule has 0 radical (unpaired) electrons. The Kier molecular flexibility index (Phi) is 6.46. The number of hydrogen-bond acceptors (Lipinski definition) is 3. The van der Waals surface area contributed by atoms with Crippen LogP contribution in [0.2, 0.25) is 0 Å². The largest absolute Gasteiger partial charge is 0.317 e. The van der Waals surface area contributed by atoms with Crippen LogP contribution in [-0.2, 0) is 24.1 Å². The summed E-state index contributed by atoms with van der Waals surface area (Å²) in [5.74, 6) is 0.744. The highest BCUT2D eigenvalue weighted by molar-refractivity contribution is 7.16. The molecule has 1 N–H and O–H groups in total. The first-order valence-corrected chi connectivity index (χ1v) is 10.4. The Hall–Kier alpha value is -2.12. The normalized spacial score (nSPS) is 15.9. The monoisotopic (exact) mass is 366 g/mol. The standard InChI is InChI=1S/C22H26N2OS/c1-2-7-17-12-13-18-19(15-23)22(26-20(18)14-17)24-21(25)11-6-10-16-8-4-3-5-9-16/h3-5,8-9,17H,2,6-7,10-14H2,1H3,(H,24,25). The molecule has 1 aliphatic rings. The van der Waals surface area contributed by atoms with Crippen LogP contribution in [0, 0.1) is 17.2 Å². The summed E-state index contributed by atoms with van der Waals surface area (Å²) in [5, 5.41) is 13.3. The average Bonchev–Trinajstić information content (AvgIpc) is 2.99. The van der Waals surface area contributed by atoms with Crippen LogP contribution in [0.25, 0.3) is 0 Å². The van der Waals surface area contributed by atoms with E-state index in [2.05, 4.69) is 30.4 Å². The predicted molar refractivity (Wildman–Crippen MR) is 107 cm³/mol. The van der Waals surface area contributed by atoms with Gasteiger partial charge in [-0.1, -0.05) is 50.1 Å². The second kappa shape index (κ2) is 9.00. The number of aryl methyl sites for hydroxylation is 1. The fourth-order valence-corrected chi connectivity index (χ4v) is 5.13. The molecule has 1 unspecified atom stereocenters. The topological polar surface area (TPSA) is 52.9 Å². The number of nitrogens with zero attached hydrogens (tertiary/aromatic N) is 1. The van der Waals surface area contributed by atoms with E-state index in [1.54, 1.807) is 11.3 Å². The Morgan fingerprint density at radius 2 is 2.15 bits per heavy atom. The zero-order valence-corrected chi connectivity index (χ0v) is 16.2. The molecule has 1 heterocycles. The second-order valence-corrected chi connectivity index (χ2v) is 8.21. The Bertz CT molecular complexity index is 788. The highest BCUT2D eigenvalue weighted by Crippen LogP contribution is 2.40. The minimum atomic E-state index is 0.0149. The SMILES string of the molecule is CCCC1CCc2c(sc(NC(=O)CCCc3ccccc3)c2C#N)C1. The van der Waals surface area contributed by atoms with Crippen LogP contribution >= 0.6 is 11.3 Å². The van der Waals surface area contributed by atoms with Gasteiger partial charge in [0.1, 0.15) is 11.1 Å². The number of anilines is 1. The van der Waals surface area contributed by atoms with Crippen molar-refractivity contribution in [3.05, 3.63) is 51.9 Å². The molecule has 0 saturated heterocycles. The van der Waals surface area contributed by atoms with Gasteiger partial charge in [0.25, 0.3) is 0 Å². The first-order valence-electron chi connectivity index (χ1n) is 9.59. The van der Waals surface area contributed by atoms with Gasteiger partial charge in [0.15, 0.2) is 0 Å². The van der Waals surface area contributed by atoms with Gasteiger partial charge >= 0.3 is 0 Å². The Morgan fingerprint density at radius 1 is 1.35 bits per heavy atom. The fourth-order valence-electron chi connectivity index (χ4n) is 3.80. The summed E-state index contributed by atoms with van der Waals surface area (Å²) in [5.41, 5.74) is 3.15. The second-order valence-electron chi connectivity index (χ2n) is 7.10. The van der Waals surface area contributed by atoms with Gasteiger partial charge in [0.2, 0.25) is 5.91 Å². The molecule has 26 heavy (non-hydrogen) atoms. The van der Waals surface area contributed by atoms with Crippen molar-refractivity contribution < 1.29 is 4.79 Å². The summed E-state index contributed by atoms with van der Waals surface area (Å²) < 4.78 is 0. The number of carbonyl (C=O) groups excluding carboxylic acids is 1. The zero-order chi connectivity index (χ0) is 18.4. The molecule has 0 spiro atoms. The van der Waals surface area contributed by atoms with Crippen LogP contribution in [0.3, 0.4) is 0 Å². The highest BCUT2D eigenvalue weighted by atomic mass is 32.1. The van der Waals surface area contributed by atoms with Crippen molar-refractivity contribution in [1.82, 2.24) is 0 Å². The van der Waals surface area contributed by atoms with Gasteiger partial charge in [-0.15, -0.1) is 11.3 Å². The van der Waals surface area contributed by atoms with Gasteiger partial charge < -0.3 is 5.32 Å². The number of amides is 1. The Morgan fingerprint density at radius 3 is 2.88 bits per heavy atom. The van der Waals surface area contributed by atoms with E-state index < -0.39 is 0 Å². The molecule has 3 nitrogen and oxygen atoms in total. The summed E-state index contributed by atoms with van der Waals surface area (Å²) in [4.78, 5) is 13.6. The maximum absolute atomic E-state index is 12.3. The first kappa shape index (κ1) is 18.7. The third kappa shape index (κ3) is 4.53. The van der Waals surface area contributed by atoms with E-state index in [4.69, 9.17) is 0 Å². The molecule has 1 aromatic carbocycles. The van der Waals surface area contributed by atoms with Crippen LogP contribution in [0.4, 0.5) is 5.00 Å². The van der Waals surface area contributed by atoms with E-state index in [0.29, 0.717) is 12.0 Å². The zero-order valence-electron chi connectivity index (χ0n) is 15.4. The molecular formula is C22H26N2OS. The van der Waals surface area contributed by atoms with Gasteiger partial charge in [-0.3, -0.25) is 4.79 Å². The van der Waals surface area contributed by atoms with Crippen molar-refractivity contribution in [2.45, 2.75) is 58.3 Å². The number of carbonyl (C=O) groups is 1. The lowest BCUT2D eigenvalue weighted by atomic mass is 9.85. The molecule has 0 saturated carbocycles. The molecule has 0 fully saturated rings. The smallest absolute Gasteiger partial charge is 0.225 e. The molecule has 1 aromatic heterocycles. The van der Waals surface area contributed by atoms with Crippen molar-refractivity contribution in [2.24, 2.45) is 5.92 Å². The molecular weight excluding hydrogens is 340 g/mol. The lowest BCUT2D eigenvalue weighted by Crippen LogP contribution is -2.13. The lowest BCUT2D eigenvalue weighted by molar-refractivity contribution is -0.116.